The predicted octanol–water partition coefficient (Wildman–Crippen LogP) is 0.651. The summed E-state index contributed by atoms with van der Waals surface area (Å²) in [4.78, 5) is 18.5. The van der Waals surface area contributed by atoms with E-state index in [1.807, 2.05) is 6.20 Å². The maximum atomic E-state index is 12.2. The number of nitriles is 1. The minimum Gasteiger partial charge on any atom is -0.337 e. The van der Waals surface area contributed by atoms with E-state index in [9.17, 15) is 10.1 Å². The molecular formula is C14H19N5O. The van der Waals surface area contributed by atoms with Crippen LogP contribution in [0.5, 0.6) is 0 Å². The Labute approximate surface area is 118 Å². The highest BCUT2D eigenvalue weighted by Gasteiger charge is 2.35. The second kappa shape index (κ2) is 5.25. The van der Waals surface area contributed by atoms with E-state index in [0.29, 0.717) is 13.1 Å². The van der Waals surface area contributed by atoms with Gasteiger partial charge in [-0.3, -0.25) is 9.69 Å². The Hall–Kier alpha value is -1.87. The predicted molar refractivity (Wildman–Crippen MR) is 72.5 cm³/mol. The Morgan fingerprint density at radius 2 is 2.25 bits per heavy atom. The van der Waals surface area contributed by atoms with Gasteiger partial charge in [-0.2, -0.15) is 5.26 Å². The van der Waals surface area contributed by atoms with E-state index in [4.69, 9.17) is 0 Å². The van der Waals surface area contributed by atoms with Gasteiger partial charge in [0.1, 0.15) is 11.4 Å². The molecule has 2 aliphatic rings. The summed E-state index contributed by atoms with van der Waals surface area (Å²) in [6, 6.07) is 2.29. The van der Waals surface area contributed by atoms with Crippen molar-refractivity contribution in [2.24, 2.45) is 0 Å². The normalized spacial score (nSPS) is 21.1. The van der Waals surface area contributed by atoms with Gasteiger partial charge in [-0.05, 0) is 25.7 Å². The van der Waals surface area contributed by atoms with Gasteiger partial charge in [0.05, 0.1) is 19.2 Å². The number of nitrogens with zero attached hydrogens (tertiary/aromatic N) is 4. The molecule has 0 radical (unpaired) electrons. The quantitative estimate of drug-likeness (QED) is 0.877. The van der Waals surface area contributed by atoms with Crippen LogP contribution in [0.3, 0.4) is 0 Å². The summed E-state index contributed by atoms with van der Waals surface area (Å²) in [7, 11) is 0. The zero-order valence-electron chi connectivity index (χ0n) is 11.5. The maximum Gasteiger partial charge on any atom is 0.235 e. The number of amides is 1. The van der Waals surface area contributed by atoms with E-state index >= 15 is 0 Å². The van der Waals surface area contributed by atoms with E-state index in [-0.39, 0.29) is 5.91 Å². The SMILES string of the molecule is N#CC1(NC(=O)CN2CCn3ccnc3C2)CCCC1. The zero-order valence-corrected chi connectivity index (χ0v) is 11.5. The number of carbonyl (C=O) groups is 1. The van der Waals surface area contributed by atoms with Crippen LogP contribution in [0.4, 0.5) is 0 Å². The van der Waals surface area contributed by atoms with Gasteiger partial charge in [0.2, 0.25) is 5.91 Å². The molecule has 1 aromatic rings. The van der Waals surface area contributed by atoms with E-state index in [0.717, 1.165) is 44.6 Å². The fourth-order valence-corrected chi connectivity index (χ4v) is 3.11. The summed E-state index contributed by atoms with van der Waals surface area (Å²) in [6.45, 7) is 2.75. The maximum absolute atomic E-state index is 12.2. The standard InChI is InChI=1S/C14H19N5O/c15-11-14(3-1-2-4-14)17-13(20)10-18-7-8-19-6-5-16-12(19)9-18/h5-6H,1-4,7-10H2,(H,17,20). The molecule has 1 aliphatic heterocycles. The molecule has 0 saturated heterocycles. The van der Waals surface area contributed by atoms with Crippen molar-refractivity contribution in [2.75, 3.05) is 13.1 Å². The number of nitrogens with one attached hydrogen (secondary N) is 1. The molecule has 106 valence electrons. The topological polar surface area (TPSA) is 74.0 Å². The lowest BCUT2D eigenvalue weighted by Gasteiger charge is -2.29. The summed E-state index contributed by atoms with van der Waals surface area (Å²) < 4.78 is 2.11. The molecule has 3 rings (SSSR count). The second-order valence-electron chi connectivity index (χ2n) is 5.70. The third kappa shape index (κ3) is 2.54. The summed E-state index contributed by atoms with van der Waals surface area (Å²) >= 11 is 0. The highest BCUT2D eigenvalue weighted by atomic mass is 16.2. The molecule has 1 saturated carbocycles. The van der Waals surface area contributed by atoms with Crippen LogP contribution in [-0.4, -0.2) is 39.0 Å². The smallest absolute Gasteiger partial charge is 0.235 e. The molecule has 6 heteroatoms. The van der Waals surface area contributed by atoms with Crippen LogP contribution < -0.4 is 5.32 Å². The highest BCUT2D eigenvalue weighted by molar-refractivity contribution is 5.79. The molecule has 1 aliphatic carbocycles. The fourth-order valence-electron chi connectivity index (χ4n) is 3.11. The molecule has 1 amide bonds. The number of carbonyl (C=O) groups excluding carboxylic acids is 1. The van der Waals surface area contributed by atoms with Crippen molar-refractivity contribution in [2.45, 2.75) is 44.3 Å². The third-order valence-corrected chi connectivity index (χ3v) is 4.24. The lowest BCUT2D eigenvalue weighted by molar-refractivity contribution is -0.123. The average Bonchev–Trinajstić information content (AvgIpc) is 3.07. The average molecular weight is 273 g/mol. The van der Waals surface area contributed by atoms with E-state index < -0.39 is 5.54 Å². The number of imidazole rings is 1. The van der Waals surface area contributed by atoms with E-state index in [1.54, 1.807) is 6.20 Å². The molecule has 0 spiro atoms. The van der Waals surface area contributed by atoms with Crippen molar-refractivity contribution in [3.63, 3.8) is 0 Å². The molecule has 1 N–H and O–H groups in total. The van der Waals surface area contributed by atoms with E-state index in [1.165, 1.54) is 0 Å². The van der Waals surface area contributed by atoms with Gasteiger partial charge in [-0.15, -0.1) is 0 Å². The lowest BCUT2D eigenvalue weighted by atomic mass is 10.00. The first-order chi connectivity index (χ1) is 9.71. The molecule has 0 aromatic carbocycles. The van der Waals surface area contributed by atoms with Crippen molar-refractivity contribution < 1.29 is 4.79 Å². The molecule has 0 bridgehead atoms. The molecule has 2 heterocycles. The molecule has 1 aromatic heterocycles. The number of rotatable bonds is 3. The van der Waals surface area contributed by atoms with Crippen LogP contribution in [0.15, 0.2) is 12.4 Å². The molecule has 20 heavy (non-hydrogen) atoms. The Bertz CT molecular complexity index is 538. The lowest BCUT2D eigenvalue weighted by Crippen LogP contribution is -2.49. The van der Waals surface area contributed by atoms with Crippen molar-refractivity contribution in [3.05, 3.63) is 18.2 Å². The zero-order chi connectivity index (χ0) is 14.0. The first-order valence-corrected chi connectivity index (χ1v) is 7.15. The van der Waals surface area contributed by atoms with Gasteiger partial charge >= 0.3 is 0 Å². The van der Waals surface area contributed by atoms with Gasteiger partial charge in [0, 0.05) is 25.5 Å². The summed E-state index contributed by atoms with van der Waals surface area (Å²) in [5, 5.41) is 12.2. The van der Waals surface area contributed by atoms with Crippen LogP contribution >= 0.6 is 0 Å². The molecule has 6 nitrogen and oxygen atoms in total. The van der Waals surface area contributed by atoms with E-state index in [2.05, 4.69) is 25.8 Å². The first-order valence-electron chi connectivity index (χ1n) is 7.15. The monoisotopic (exact) mass is 273 g/mol. The first kappa shape index (κ1) is 13.1. The summed E-state index contributed by atoms with van der Waals surface area (Å²) in [6.07, 6.45) is 7.36. The van der Waals surface area contributed by atoms with Crippen LogP contribution in [0.2, 0.25) is 0 Å². The molecule has 0 unspecified atom stereocenters. The Kier molecular flexibility index (Phi) is 3.45. The number of hydrogen-bond donors (Lipinski definition) is 1. The summed E-state index contributed by atoms with van der Waals surface area (Å²) in [5.74, 6) is 0.952. The number of hydrogen-bond acceptors (Lipinski definition) is 4. The Morgan fingerprint density at radius 1 is 1.45 bits per heavy atom. The Balaban J connectivity index is 1.56. The number of aromatic nitrogens is 2. The van der Waals surface area contributed by atoms with Crippen molar-refractivity contribution in [1.82, 2.24) is 19.8 Å². The fraction of sp³-hybridized carbons (Fsp3) is 0.643. The van der Waals surface area contributed by atoms with Gasteiger partial charge in [-0.1, -0.05) is 0 Å². The van der Waals surface area contributed by atoms with Crippen molar-refractivity contribution >= 4 is 5.91 Å². The number of fused-ring (bicyclic) bond motifs is 1. The van der Waals surface area contributed by atoms with Crippen LogP contribution in [0, 0.1) is 11.3 Å². The molecular weight excluding hydrogens is 254 g/mol. The highest BCUT2D eigenvalue weighted by Crippen LogP contribution is 2.28. The third-order valence-electron chi connectivity index (χ3n) is 4.24. The van der Waals surface area contributed by atoms with Gasteiger partial charge < -0.3 is 9.88 Å². The molecule has 1 fully saturated rings. The Morgan fingerprint density at radius 3 is 3.00 bits per heavy atom. The van der Waals surface area contributed by atoms with Crippen LogP contribution in [-0.2, 0) is 17.9 Å². The van der Waals surface area contributed by atoms with Crippen molar-refractivity contribution in [3.8, 4) is 6.07 Å². The molecule has 0 atom stereocenters. The van der Waals surface area contributed by atoms with Gasteiger partial charge in [-0.25, -0.2) is 4.98 Å². The van der Waals surface area contributed by atoms with Gasteiger partial charge in [0.25, 0.3) is 0 Å². The van der Waals surface area contributed by atoms with Crippen LogP contribution in [0.25, 0.3) is 0 Å². The van der Waals surface area contributed by atoms with Crippen LogP contribution in [0.1, 0.15) is 31.5 Å². The van der Waals surface area contributed by atoms with Gasteiger partial charge in [0.15, 0.2) is 0 Å². The minimum atomic E-state index is -0.620. The largest absolute Gasteiger partial charge is 0.337 e. The minimum absolute atomic E-state index is 0.0477. The van der Waals surface area contributed by atoms with Crippen molar-refractivity contribution in [1.29, 1.82) is 5.26 Å². The summed E-state index contributed by atoms with van der Waals surface area (Å²) in [5.41, 5.74) is -0.620. The second-order valence-corrected chi connectivity index (χ2v) is 5.70.